The highest BCUT2D eigenvalue weighted by Gasteiger charge is 2.01. The minimum atomic E-state index is -0.0694. The zero-order valence-electron chi connectivity index (χ0n) is 4.96. The molecule has 0 bridgehead atoms. The summed E-state index contributed by atoms with van der Waals surface area (Å²) >= 11 is 0. The molecule has 0 radical (unpaired) electrons. The molecule has 0 saturated heterocycles. The molecular formula is C4H12N2O2. The van der Waals surface area contributed by atoms with Crippen LogP contribution in [0.15, 0.2) is 0 Å². The van der Waals surface area contributed by atoms with E-state index in [-0.39, 0.29) is 6.10 Å². The zero-order valence-corrected chi connectivity index (χ0v) is 4.96. The molecule has 0 aliphatic rings. The van der Waals surface area contributed by atoms with Crippen molar-refractivity contribution in [2.24, 2.45) is 11.8 Å². The Hall–Kier alpha value is -0.160. The van der Waals surface area contributed by atoms with Gasteiger partial charge in [-0.25, -0.2) is 11.8 Å². The number of hydrogen-bond donors (Lipinski definition) is 2. The second-order valence-corrected chi connectivity index (χ2v) is 1.50. The average molecular weight is 120 g/mol. The lowest BCUT2D eigenvalue weighted by Gasteiger charge is -2.08. The third-order valence-corrected chi connectivity index (χ3v) is 0.930. The van der Waals surface area contributed by atoms with Gasteiger partial charge in [0.1, 0.15) is 6.10 Å². The van der Waals surface area contributed by atoms with Crippen molar-refractivity contribution >= 4 is 0 Å². The van der Waals surface area contributed by atoms with Crippen LogP contribution < -0.4 is 11.8 Å². The molecule has 0 saturated carbocycles. The lowest BCUT2D eigenvalue weighted by molar-refractivity contribution is -0.0200. The molecule has 0 aromatic heterocycles. The summed E-state index contributed by atoms with van der Waals surface area (Å²) in [6, 6.07) is 0. The highest BCUT2D eigenvalue weighted by Crippen LogP contribution is 1.91. The maximum absolute atomic E-state index is 4.83. The van der Waals surface area contributed by atoms with Crippen molar-refractivity contribution in [3.8, 4) is 0 Å². The number of nitrogens with two attached hydrogens (primary N) is 2. The van der Waals surface area contributed by atoms with E-state index in [0.29, 0.717) is 6.61 Å². The van der Waals surface area contributed by atoms with Crippen molar-refractivity contribution in [1.29, 1.82) is 0 Å². The van der Waals surface area contributed by atoms with Gasteiger partial charge in [-0.05, 0) is 6.42 Å². The molecule has 0 spiro atoms. The fraction of sp³-hybridized carbons (Fsp3) is 1.00. The van der Waals surface area contributed by atoms with Gasteiger partial charge in [-0.1, -0.05) is 6.92 Å². The molecule has 0 heterocycles. The lowest BCUT2D eigenvalue weighted by Crippen LogP contribution is -2.23. The summed E-state index contributed by atoms with van der Waals surface area (Å²) in [5.74, 6) is 9.58. The van der Waals surface area contributed by atoms with Crippen molar-refractivity contribution < 1.29 is 9.68 Å². The van der Waals surface area contributed by atoms with Crippen LogP contribution in [0.2, 0.25) is 0 Å². The molecule has 0 aromatic carbocycles. The van der Waals surface area contributed by atoms with Gasteiger partial charge in [-0.3, -0.25) is 4.84 Å². The van der Waals surface area contributed by atoms with Crippen LogP contribution in [0.4, 0.5) is 0 Å². The third-order valence-electron chi connectivity index (χ3n) is 0.930. The summed E-state index contributed by atoms with van der Waals surface area (Å²) < 4.78 is 0. The van der Waals surface area contributed by atoms with Gasteiger partial charge >= 0.3 is 0 Å². The summed E-state index contributed by atoms with van der Waals surface area (Å²) in [7, 11) is 0. The molecule has 0 aliphatic heterocycles. The van der Waals surface area contributed by atoms with Crippen molar-refractivity contribution in [1.82, 2.24) is 0 Å². The molecular weight excluding hydrogens is 108 g/mol. The topological polar surface area (TPSA) is 70.5 Å². The minimum Gasteiger partial charge on any atom is -0.302 e. The van der Waals surface area contributed by atoms with Gasteiger partial charge in [0.05, 0.1) is 6.61 Å². The Morgan fingerprint density at radius 2 is 2.12 bits per heavy atom. The zero-order chi connectivity index (χ0) is 6.41. The van der Waals surface area contributed by atoms with Gasteiger partial charge in [-0.2, -0.15) is 0 Å². The van der Waals surface area contributed by atoms with Crippen molar-refractivity contribution in [2.45, 2.75) is 19.4 Å². The quantitative estimate of drug-likeness (QED) is 0.493. The van der Waals surface area contributed by atoms with E-state index in [2.05, 4.69) is 9.68 Å². The lowest BCUT2D eigenvalue weighted by atomic mass is 10.3. The highest BCUT2D eigenvalue weighted by atomic mass is 16.7. The summed E-state index contributed by atoms with van der Waals surface area (Å²) in [6.07, 6.45) is 0.744. The third kappa shape index (κ3) is 2.92. The van der Waals surface area contributed by atoms with Crippen molar-refractivity contribution in [3.63, 3.8) is 0 Å². The van der Waals surface area contributed by atoms with Crippen LogP contribution in [0.25, 0.3) is 0 Å². The van der Waals surface area contributed by atoms with Crippen molar-refractivity contribution in [2.75, 3.05) is 6.61 Å². The SMILES string of the molecule is CCC(CON)ON. The molecule has 4 heteroatoms. The fourth-order valence-corrected chi connectivity index (χ4v) is 0.361. The summed E-state index contributed by atoms with van der Waals surface area (Å²) in [6.45, 7) is 2.30. The van der Waals surface area contributed by atoms with Gasteiger partial charge in [-0.15, -0.1) is 0 Å². The normalized spacial score (nSPS) is 13.9. The Kier molecular flexibility index (Phi) is 4.89. The molecule has 8 heavy (non-hydrogen) atoms. The smallest absolute Gasteiger partial charge is 0.104 e. The van der Waals surface area contributed by atoms with E-state index in [1.165, 1.54) is 0 Å². The predicted molar refractivity (Wildman–Crippen MR) is 29.5 cm³/mol. The second kappa shape index (κ2) is 4.99. The first kappa shape index (κ1) is 7.84. The summed E-state index contributed by atoms with van der Waals surface area (Å²) in [5.41, 5.74) is 0. The first-order chi connectivity index (χ1) is 3.85. The molecule has 4 N–H and O–H groups in total. The molecule has 0 rings (SSSR count). The Bertz CT molecular complexity index is 47.3. The molecule has 1 atom stereocenters. The highest BCUT2D eigenvalue weighted by molar-refractivity contribution is 4.48. The Labute approximate surface area is 48.6 Å². The van der Waals surface area contributed by atoms with Gasteiger partial charge < -0.3 is 4.84 Å². The van der Waals surface area contributed by atoms with Gasteiger partial charge in [0.2, 0.25) is 0 Å². The first-order valence-electron chi connectivity index (χ1n) is 2.52. The van der Waals surface area contributed by atoms with E-state index in [0.717, 1.165) is 6.42 Å². The standard InChI is InChI=1S/C4H12N2O2/c1-2-4(8-6)3-7-5/h4H,2-3,5-6H2,1H3. The van der Waals surface area contributed by atoms with E-state index >= 15 is 0 Å². The fourth-order valence-electron chi connectivity index (χ4n) is 0.361. The number of rotatable bonds is 4. The Morgan fingerprint density at radius 3 is 2.25 bits per heavy atom. The molecule has 4 nitrogen and oxygen atoms in total. The van der Waals surface area contributed by atoms with E-state index < -0.39 is 0 Å². The monoisotopic (exact) mass is 120 g/mol. The van der Waals surface area contributed by atoms with Crippen LogP contribution in [0.1, 0.15) is 13.3 Å². The van der Waals surface area contributed by atoms with E-state index in [1.807, 2.05) is 6.92 Å². The molecule has 0 aliphatic carbocycles. The van der Waals surface area contributed by atoms with Crippen molar-refractivity contribution in [3.05, 3.63) is 0 Å². The van der Waals surface area contributed by atoms with Crippen LogP contribution >= 0.6 is 0 Å². The van der Waals surface area contributed by atoms with Gasteiger partial charge in [0, 0.05) is 0 Å². The number of hydrogen-bond acceptors (Lipinski definition) is 4. The molecule has 1 unspecified atom stereocenters. The van der Waals surface area contributed by atoms with Crippen LogP contribution in [0.5, 0.6) is 0 Å². The molecule has 0 amide bonds. The predicted octanol–water partition coefficient (Wildman–Crippen LogP) is -0.454. The first-order valence-corrected chi connectivity index (χ1v) is 2.52. The van der Waals surface area contributed by atoms with E-state index in [9.17, 15) is 0 Å². The van der Waals surface area contributed by atoms with E-state index in [4.69, 9.17) is 11.8 Å². The largest absolute Gasteiger partial charge is 0.302 e. The molecule has 0 aromatic rings. The van der Waals surface area contributed by atoms with E-state index in [1.54, 1.807) is 0 Å². The van der Waals surface area contributed by atoms with Gasteiger partial charge in [0.15, 0.2) is 0 Å². The Balaban J connectivity index is 3.07. The maximum Gasteiger partial charge on any atom is 0.104 e. The average Bonchev–Trinajstić information content (AvgIpc) is 1.83. The van der Waals surface area contributed by atoms with Crippen LogP contribution in [-0.4, -0.2) is 12.7 Å². The van der Waals surface area contributed by atoms with Crippen LogP contribution in [-0.2, 0) is 9.68 Å². The Morgan fingerprint density at radius 1 is 1.50 bits per heavy atom. The molecule has 0 fully saturated rings. The minimum absolute atomic E-state index is 0.0694. The second-order valence-electron chi connectivity index (χ2n) is 1.50. The maximum atomic E-state index is 4.83. The van der Waals surface area contributed by atoms with Crippen LogP contribution in [0, 0.1) is 0 Å². The molecule has 50 valence electrons. The summed E-state index contributed by atoms with van der Waals surface area (Å²) in [5, 5.41) is 0. The van der Waals surface area contributed by atoms with Gasteiger partial charge in [0.25, 0.3) is 0 Å². The van der Waals surface area contributed by atoms with Crippen LogP contribution in [0.3, 0.4) is 0 Å². The summed E-state index contributed by atoms with van der Waals surface area (Å²) in [4.78, 5) is 8.72.